The molecule has 0 unspecified atom stereocenters. The van der Waals surface area contributed by atoms with E-state index in [1.807, 2.05) is 6.92 Å². The van der Waals surface area contributed by atoms with Crippen molar-refractivity contribution in [3.05, 3.63) is 33.9 Å². The lowest BCUT2D eigenvalue weighted by Crippen LogP contribution is -2.18. The molecule has 0 bridgehead atoms. The molecule has 2 heterocycles. The zero-order valence-corrected chi connectivity index (χ0v) is 15.6. The van der Waals surface area contributed by atoms with Gasteiger partial charge in [-0.15, -0.1) is 0 Å². The summed E-state index contributed by atoms with van der Waals surface area (Å²) in [7, 11) is 0. The summed E-state index contributed by atoms with van der Waals surface area (Å²) in [5.41, 5.74) is 0.473. The van der Waals surface area contributed by atoms with Crippen molar-refractivity contribution < 1.29 is 19.2 Å². The standard InChI is InChI=1S/C16H22N6O5/c1-5-20-8-12(15(19-20)16(24)27-10(2)3)17-14(23)6-7-21-9-13(22(25)26)11(4)18-21/h8-10H,5-7H2,1-4H3,(H,17,23). The summed E-state index contributed by atoms with van der Waals surface area (Å²) in [6.45, 7) is 7.50. The van der Waals surface area contributed by atoms with E-state index in [-0.39, 0.29) is 47.7 Å². The minimum atomic E-state index is -0.620. The minimum Gasteiger partial charge on any atom is -0.458 e. The summed E-state index contributed by atoms with van der Waals surface area (Å²) in [5, 5.41) is 21.6. The normalized spacial score (nSPS) is 10.9. The first kappa shape index (κ1) is 20.1. The highest BCUT2D eigenvalue weighted by Gasteiger charge is 2.21. The quantitative estimate of drug-likeness (QED) is 0.421. The summed E-state index contributed by atoms with van der Waals surface area (Å²) in [5.74, 6) is -0.995. The smallest absolute Gasteiger partial charge is 0.361 e. The second-order valence-electron chi connectivity index (χ2n) is 6.12. The molecule has 0 aromatic carbocycles. The maximum absolute atomic E-state index is 12.2. The van der Waals surface area contributed by atoms with Gasteiger partial charge < -0.3 is 10.1 Å². The average molecular weight is 378 g/mol. The first-order valence-corrected chi connectivity index (χ1v) is 8.48. The summed E-state index contributed by atoms with van der Waals surface area (Å²) in [6.07, 6.45) is 2.54. The van der Waals surface area contributed by atoms with Gasteiger partial charge in [-0.25, -0.2) is 4.79 Å². The van der Waals surface area contributed by atoms with Gasteiger partial charge in [0.15, 0.2) is 5.69 Å². The number of aryl methyl sites for hydroxylation is 3. The van der Waals surface area contributed by atoms with E-state index in [9.17, 15) is 19.7 Å². The van der Waals surface area contributed by atoms with E-state index in [1.165, 1.54) is 22.5 Å². The molecule has 146 valence electrons. The molecule has 1 amide bonds. The van der Waals surface area contributed by atoms with Gasteiger partial charge in [0.05, 0.1) is 16.7 Å². The summed E-state index contributed by atoms with van der Waals surface area (Å²) >= 11 is 0. The van der Waals surface area contributed by atoms with E-state index >= 15 is 0 Å². The maximum atomic E-state index is 12.2. The molecular weight excluding hydrogens is 356 g/mol. The van der Waals surface area contributed by atoms with E-state index in [1.54, 1.807) is 20.0 Å². The molecule has 0 atom stereocenters. The van der Waals surface area contributed by atoms with Crippen LogP contribution >= 0.6 is 0 Å². The van der Waals surface area contributed by atoms with Crippen molar-refractivity contribution in [3.63, 3.8) is 0 Å². The molecule has 2 aromatic rings. The molecule has 11 heteroatoms. The van der Waals surface area contributed by atoms with E-state index in [2.05, 4.69) is 15.5 Å². The Morgan fingerprint density at radius 3 is 2.56 bits per heavy atom. The number of amides is 1. The third-order valence-electron chi connectivity index (χ3n) is 3.58. The fraction of sp³-hybridized carbons (Fsp3) is 0.500. The molecule has 2 aromatic heterocycles. The van der Waals surface area contributed by atoms with E-state index < -0.39 is 10.9 Å². The third kappa shape index (κ3) is 5.12. The second kappa shape index (κ2) is 8.43. The van der Waals surface area contributed by atoms with Gasteiger partial charge in [0.1, 0.15) is 11.9 Å². The number of hydrogen-bond acceptors (Lipinski definition) is 7. The Labute approximate surface area is 155 Å². The van der Waals surface area contributed by atoms with Gasteiger partial charge in [0.25, 0.3) is 0 Å². The van der Waals surface area contributed by atoms with Crippen molar-refractivity contribution in [1.82, 2.24) is 19.6 Å². The zero-order chi connectivity index (χ0) is 20.1. The number of ether oxygens (including phenoxy) is 1. The van der Waals surface area contributed by atoms with Gasteiger partial charge in [-0.1, -0.05) is 0 Å². The van der Waals surface area contributed by atoms with Crippen LogP contribution in [0.4, 0.5) is 11.4 Å². The number of esters is 1. The molecule has 0 saturated heterocycles. The molecule has 0 saturated carbocycles. The highest BCUT2D eigenvalue weighted by molar-refractivity contribution is 5.99. The second-order valence-corrected chi connectivity index (χ2v) is 6.12. The van der Waals surface area contributed by atoms with Crippen LogP contribution in [0.1, 0.15) is 43.4 Å². The largest absolute Gasteiger partial charge is 0.458 e. The molecule has 1 N–H and O–H groups in total. The molecule has 0 radical (unpaired) electrons. The van der Waals surface area contributed by atoms with Crippen LogP contribution in [0.25, 0.3) is 0 Å². The molecule has 0 aliphatic rings. The van der Waals surface area contributed by atoms with Gasteiger partial charge >= 0.3 is 11.7 Å². The van der Waals surface area contributed by atoms with Crippen molar-refractivity contribution in [3.8, 4) is 0 Å². The number of nitrogens with one attached hydrogen (secondary N) is 1. The Morgan fingerprint density at radius 1 is 1.30 bits per heavy atom. The van der Waals surface area contributed by atoms with E-state index in [0.29, 0.717) is 6.54 Å². The van der Waals surface area contributed by atoms with Gasteiger partial charge in [-0.2, -0.15) is 10.2 Å². The first-order chi connectivity index (χ1) is 12.7. The lowest BCUT2D eigenvalue weighted by Gasteiger charge is -2.08. The van der Waals surface area contributed by atoms with Crippen molar-refractivity contribution in [2.24, 2.45) is 0 Å². The summed E-state index contributed by atoms with van der Waals surface area (Å²) in [4.78, 5) is 34.7. The Balaban J connectivity index is 2.04. The topological polar surface area (TPSA) is 134 Å². The number of nitro groups is 1. The van der Waals surface area contributed by atoms with Crippen LogP contribution in [0.2, 0.25) is 0 Å². The van der Waals surface area contributed by atoms with Crippen molar-refractivity contribution in [2.75, 3.05) is 5.32 Å². The molecule has 27 heavy (non-hydrogen) atoms. The molecule has 0 aliphatic carbocycles. The summed E-state index contributed by atoms with van der Waals surface area (Å²) in [6, 6.07) is 0. The van der Waals surface area contributed by atoms with Crippen LogP contribution in [-0.2, 0) is 22.6 Å². The highest BCUT2D eigenvalue weighted by atomic mass is 16.6. The lowest BCUT2D eigenvalue weighted by molar-refractivity contribution is -0.385. The molecule has 0 aliphatic heterocycles. The highest BCUT2D eigenvalue weighted by Crippen LogP contribution is 2.17. The number of carbonyl (C=O) groups is 2. The third-order valence-corrected chi connectivity index (χ3v) is 3.58. The number of hydrogen-bond donors (Lipinski definition) is 1. The average Bonchev–Trinajstić information content (AvgIpc) is 3.15. The maximum Gasteiger partial charge on any atom is 0.361 e. The van der Waals surface area contributed by atoms with Crippen LogP contribution in [0.3, 0.4) is 0 Å². The van der Waals surface area contributed by atoms with E-state index in [0.717, 1.165) is 0 Å². The Bertz CT molecular complexity index is 854. The Kier molecular flexibility index (Phi) is 6.27. The van der Waals surface area contributed by atoms with Crippen molar-refractivity contribution in [1.29, 1.82) is 0 Å². The zero-order valence-electron chi connectivity index (χ0n) is 15.6. The van der Waals surface area contributed by atoms with Crippen LogP contribution in [0, 0.1) is 17.0 Å². The number of rotatable bonds is 8. The van der Waals surface area contributed by atoms with Crippen LogP contribution in [0.5, 0.6) is 0 Å². The SMILES string of the molecule is CCn1cc(NC(=O)CCn2cc([N+](=O)[O-])c(C)n2)c(C(=O)OC(C)C)n1. The molecule has 0 spiro atoms. The van der Waals surface area contributed by atoms with Crippen molar-refractivity contribution >= 4 is 23.3 Å². The lowest BCUT2D eigenvalue weighted by atomic mass is 10.3. The summed E-state index contributed by atoms with van der Waals surface area (Å²) < 4.78 is 8.00. The van der Waals surface area contributed by atoms with Crippen molar-refractivity contribution in [2.45, 2.75) is 53.3 Å². The number of nitrogens with zero attached hydrogens (tertiary/aromatic N) is 5. The van der Waals surface area contributed by atoms with Gasteiger partial charge in [0, 0.05) is 25.7 Å². The first-order valence-electron chi connectivity index (χ1n) is 8.48. The molecule has 11 nitrogen and oxygen atoms in total. The number of anilines is 1. The van der Waals surface area contributed by atoms with Gasteiger partial charge in [-0.05, 0) is 27.7 Å². The minimum absolute atomic E-state index is 0.0221. The number of carbonyl (C=O) groups excluding carboxylic acids is 2. The number of aromatic nitrogens is 4. The fourth-order valence-corrected chi connectivity index (χ4v) is 2.33. The van der Waals surface area contributed by atoms with E-state index in [4.69, 9.17) is 4.74 Å². The fourth-order valence-electron chi connectivity index (χ4n) is 2.33. The predicted octanol–water partition coefficient (Wildman–Crippen LogP) is 1.91. The molecular formula is C16H22N6O5. The van der Waals surface area contributed by atoms with Crippen LogP contribution < -0.4 is 5.32 Å². The Hall–Kier alpha value is -3.24. The monoisotopic (exact) mass is 378 g/mol. The van der Waals surface area contributed by atoms with Crippen LogP contribution in [-0.4, -0.2) is 42.5 Å². The van der Waals surface area contributed by atoms with Gasteiger partial charge in [-0.3, -0.25) is 24.3 Å². The molecule has 0 fully saturated rings. The molecule has 2 rings (SSSR count). The predicted molar refractivity (Wildman–Crippen MR) is 95.3 cm³/mol. The van der Waals surface area contributed by atoms with Crippen LogP contribution in [0.15, 0.2) is 12.4 Å². The Morgan fingerprint density at radius 2 is 2.00 bits per heavy atom. The van der Waals surface area contributed by atoms with Gasteiger partial charge in [0.2, 0.25) is 5.91 Å².